The highest BCUT2D eigenvalue weighted by Crippen LogP contribution is 2.28. The zero-order chi connectivity index (χ0) is 13.5. The Bertz CT molecular complexity index is 397. The Morgan fingerprint density at radius 2 is 2.32 bits per heavy atom. The molecule has 1 fully saturated rings. The van der Waals surface area contributed by atoms with Crippen LogP contribution in [0.15, 0.2) is 12.3 Å². The Kier molecular flexibility index (Phi) is 5.39. The molecule has 0 amide bonds. The SMILES string of the molecule is CCOC(=O)CCNCc1ccn(C2CCCC2)n1. The fourth-order valence-corrected chi connectivity index (χ4v) is 2.48. The number of nitrogens with one attached hydrogen (secondary N) is 1. The summed E-state index contributed by atoms with van der Waals surface area (Å²) >= 11 is 0. The summed E-state index contributed by atoms with van der Waals surface area (Å²) in [5, 5.41) is 7.80. The average molecular weight is 265 g/mol. The number of ether oxygens (including phenoxy) is 1. The van der Waals surface area contributed by atoms with Crippen molar-refractivity contribution in [3.63, 3.8) is 0 Å². The highest BCUT2D eigenvalue weighted by Gasteiger charge is 2.17. The number of nitrogens with zero attached hydrogens (tertiary/aromatic N) is 2. The number of carbonyl (C=O) groups is 1. The molecule has 1 aromatic rings. The van der Waals surface area contributed by atoms with E-state index < -0.39 is 0 Å². The Hall–Kier alpha value is -1.36. The minimum absolute atomic E-state index is 0.147. The van der Waals surface area contributed by atoms with Crippen LogP contribution in [0.2, 0.25) is 0 Å². The predicted molar refractivity (Wildman–Crippen MR) is 72.7 cm³/mol. The quantitative estimate of drug-likeness (QED) is 0.605. The lowest BCUT2D eigenvalue weighted by Gasteiger charge is -2.08. The van der Waals surface area contributed by atoms with E-state index in [9.17, 15) is 4.79 Å². The third kappa shape index (κ3) is 4.35. The van der Waals surface area contributed by atoms with Gasteiger partial charge in [0.05, 0.1) is 24.8 Å². The van der Waals surface area contributed by atoms with Crippen LogP contribution in [0, 0.1) is 0 Å². The topological polar surface area (TPSA) is 56.1 Å². The molecule has 0 unspecified atom stereocenters. The first-order chi connectivity index (χ1) is 9.29. The number of esters is 1. The molecule has 5 nitrogen and oxygen atoms in total. The van der Waals surface area contributed by atoms with E-state index in [2.05, 4.69) is 27.4 Å². The minimum atomic E-state index is -0.147. The van der Waals surface area contributed by atoms with Crippen LogP contribution in [0.3, 0.4) is 0 Å². The molecule has 0 radical (unpaired) electrons. The van der Waals surface area contributed by atoms with Crippen molar-refractivity contribution in [2.24, 2.45) is 0 Å². The maximum absolute atomic E-state index is 11.2. The molecule has 5 heteroatoms. The minimum Gasteiger partial charge on any atom is -0.466 e. The fraction of sp³-hybridized carbons (Fsp3) is 0.714. The smallest absolute Gasteiger partial charge is 0.307 e. The van der Waals surface area contributed by atoms with Gasteiger partial charge in [-0.2, -0.15) is 5.10 Å². The van der Waals surface area contributed by atoms with Crippen molar-refractivity contribution in [2.75, 3.05) is 13.2 Å². The average Bonchev–Trinajstić information content (AvgIpc) is 3.05. The number of carbonyl (C=O) groups excluding carboxylic acids is 1. The van der Waals surface area contributed by atoms with Crippen molar-refractivity contribution in [3.05, 3.63) is 18.0 Å². The van der Waals surface area contributed by atoms with Crippen LogP contribution in [0.4, 0.5) is 0 Å². The lowest BCUT2D eigenvalue weighted by molar-refractivity contribution is -0.142. The van der Waals surface area contributed by atoms with Gasteiger partial charge in [0.2, 0.25) is 0 Å². The zero-order valence-corrected chi connectivity index (χ0v) is 11.6. The van der Waals surface area contributed by atoms with E-state index in [1.54, 1.807) is 0 Å². The van der Waals surface area contributed by atoms with Gasteiger partial charge < -0.3 is 10.1 Å². The molecular weight excluding hydrogens is 242 g/mol. The lowest BCUT2D eigenvalue weighted by atomic mass is 10.3. The molecule has 0 atom stereocenters. The molecule has 1 aliphatic rings. The molecular formula is C14H23N3O2. The van der Waals surface area contributed by atoms with Gasteiger partial charge in [0, 0.05) is 19.3 Å². The number of hydrogen-bond acceptors (Lipinski definition) is 4. The van der Waals surface area contributed by atoms with Gasteiger partial charge in [0.1, 0.15) is 0 Å². The fourth-order valence-electron chi connectivity index (χ4n) is 2.48. The molecule has 1 heterocycles. The maximum atomic E-state index is 11.2. The molecule has 1 N–H and O–H groups in total. The van der Waals surface area contributed by atoms with Crippen LogP contribution in [-0.2, 0) is 16.1 Å². The second kappa shape index (κ2) is 7.28. The molecule has 2 rings (SSSR count). The van der Waals surface area contributed by atoms with Crippen molar-refractivity contribution in [3.8, 4) is 0 Å². The first-order valence-electron chi connectivity index (χ1n) is 7.20. The van der Waals surface area contributed by atoms with Crippen LogP contribution in [0.25, 0.3) is 0 Å². The molecule has 106 valence electrons. The predicted octanol–water partition coefficient (Wildman–Crippen LogP) is 2.04. The Labute approximate surface area is 114 Å². The number of hydrogen-bond donors (Lipinski definition) is 1. The molecule has 0 bridgehead atoms. The van der Waals surface area contributed by atoms with E-state index >= 15 is 0 Å². The zero-order valence-electron chi connectivity index (χ0n) is 11.6. The largest absolute Gasteiger partial charge is 0.466 e. The van der Waals surface area contributed by atoms with Crippen molar-refractivity contribution < 1.29 is 9.53 Å². The second-order valence-corrected chi connectivity index (χ2v) is 4.96. The van der Waals surface area contributed by atoms with Crippen LogP contribution < -0.4 is 5.32 Å². The molecule has 19 heavy (non-hydrogen) atoms. The summed E-state index contributed by atoms with van der Waals surface area (Å²) in [5.74, 6) is -0.147. The third-order valence-corrected chi connectivity index (χ3v) is 3.48. The van der Waals surface area contributed by atoms with Crippen LogP contribution in [0.1, 0.15) is 50.8 Å². The Morgan fingerprint density at radius 1 is 1.53 bits per heavy atom. The molecule has 0 spiro atoms. The summed E-state index contributed by atoms with van der Waals surface area (Å²) in [6.07, 6.45) is 7.61. The first-order valence-corrected chi connectivity index (χ1v) is 7.20. The highest BCUT2D eigenvalue weighted by molar-refractivity contribution is 5.69. The maximum Gasteiger partial charge on any atom is 0.307 e. The number of aromatic nitrogens is 2. The van der Waals surface area contributed by atoms with E-state index in [4.69, 9.17) is 4.74 Å². The van der Waals surface area contributed by atoms with E-state index in [-0.39, 0.29) is 5.97 Å². The standard InChI is InChI=1S/C14H23N3O2/c1-2-19-14(18)7-9-15-11-12-8-10-17(16-12)13-5-3-4-6-13/h8,10,13,15H,2-7,9,11H2,1H3. The number of rotatable bonds is 7. The van der Waals surface area contributed by atoms with Gasteiger partial charge in [-0.1, -0.05) is 12.8 Å². The van der Waals surface area contributed by atoms with Gasteiger partial charge in [-0.25, -0.2) is 0 Å². The van der Waals surface area contributed by atoms with Gasteiger partial charge in [0.15, 0.2) is 0 Å². The van der Waals surface area contributed by atoms with E-state index in [0.29, 0.717) is 32.2 Å². The first kappa shape index (κ1) is 14.1. The normalized spacial score (nSPS) is 15.8. The highest BCUT2D eigenvalue weighted by atomic mass is 16.5. The van der Waals surface area contributed by atoms with E-state index in [1.807, 2.05) is 6.92 Å². The molecule has 1 aromatic heterocycles. The van der Waals surface area contributed by atoms with Crippen LogP contribution >= 0.6 is 0 Å². The van der Waals surface area contributed by atoms with Gasteiger partial charge in [-0.15, -0.1) is 0 Å². The van der Waals surface area contributed by atoms with Gasteiger partial charge >= 0.3 is 5.97 Å². The van der Waals surface area contributed by atoms with Gasteiger partial charge in [-0.05, 0) is 25.8 Å². The molecule has 1 aliphatic carbocycles. The lowest BCUT2D eigenvalue weighted by Crippen LogP contribution is -2.19. The Balaban J connectivity index is 1.67. The Morgan fingerprint density at radius 3 is 3.05 bits per heavy atom. The summed E-state index contributed by atoms with van der Waals surface area (Å²) < 4.78 is 6.96. The molecule has 0 saturated heterocycles. The summed E-state index contributed by atoms with van der Waals surface area (Å²) in [6.45, 7) is 3.61. The van der Waals surface area contributed by atoms with E-state index in [0.717, 1.165) is 5.69 Å². The van der Waals surface area contributed by atoms with Gasteiger partial charge in [-0.3, -0.25) is 9.48 Å². The molecule has 0 aromatic carbocycles. The van der Waals surface area contributed by atoms with Crippen molar-refractivity contribution in [1.29, 1.82) is 0 Å². The van der Waals surface area contributed by atoms with Crippen LogP contribution in [-0.4, -0.2) is 28.9 Å². The van der Waals surface area contributed by atoms with E-state index in [1.165, 1.54) is 25.7 Å². The monoisotopic (exact) mass is 265 g/mol. The third-order valence-electron chi connectivity index (χ3n) is 3.48. The molecule has 1 saturated carbocycles. The van der Waals surface area contributed by atoms with Crippen molar-refractivity contribution in [1.82, 2.24) is 15.1 Å². The van der Waals surface area contributed by atoms with Crippen molar-refractivity contribution >= 4 is 5.97 Å². The summed E-state index contributed by atoms with van der Waals surface area (Å²) in [4.78, 5) is 11.2. The van der Waals surface area contributed by atoms with Crippen molar-refractivity contribution in [2.45, 2.75) is 51.6 Å². The van der Waals surface area contributed by atoms with Gasteiger partial charge in [0.25, 0.3) is 0 Å². The second-order valence-electron chi connectivity index (χ2n) is 4.96. The summed E-state index contributed by atoms with van der Waals surface area (Å²) in [7, 11) is 0. The van der Waals surface area contributed by atoms with Crippen LogP contribution in [0.5, 0.6) is 0 Å². The summed E-state index contributed by atoms with van der Waals surface area (Å²) in [6, 6.07) is 2.64. The summed E-state index contributed by atoms with van der Waals surface area (Å²) in [5.41, 5.74) is 1.04. The molecule has 0 aliphatic heterocycles.